The molecule has 0 bridgehead atoms. The number of carbonyl (C=O) groups excluding carboxylic acids is 1. The maximum absolute atomic E-state index is 12.8. The van der Waals surface area contributed by atoms with Crippen molar-refractivity contribution in [3.63, 3.8) is 0 Å². The first-order valence-electron chi connectivity index (χ1n) is 8.41. The van der Waals surface area contributed by atoms with Crippen molar-refractivity contribution in [1.29, 1.82) is 0 Å². The standard InChI is InChI=1S/C19H20N4OS/c1-22-17-8-4-10-23(13-14(17)12-20-22)19(24)21-16-7-3-2-6-15(16)18-9-5-11-25-18/h2-3,5-7,9,11-12H,4,8,10,13H2,1H3,(H,21,24). The van der Waals surface area contributed by atoms with Crippen molar-refractivity contribution in [2.75, 3.05) is 11.9 Å². The number of hydrogen-bond donors (Lipinski definition) is 1. The molecule has 5 nitrogen and oxygen atoms in total. The van der Waals surface area contributed by atoms with Crippen LogP contribution in [0.25, 0.3) is 10.4 Å². The van der Waals surface area contributed by atoms with Gasteiger partial charge in [-0.05, 0) is 30.4 Å². The minimum atomic E-state index is -0.0549. The predicted octanol–water partition coefficient (Wildman–Crippen LogP) is 4.13. The zero-order valence-corrected chi connectivity index (χ0v) is 14.9. The lowest BCUT2D eigenvalue weighted by Gasteiger charge is -2.21. The monoisotopic (exact) mass is 352 g/mol. The number of carbonyl (C=O) groups is 1. The topological polar surface area (TPSA) is 50.2 Å². The molecule has 2 amide bonds. The Bertz CT molecular complexity index is 885. The molecule has 1 aliphatic heterocycles. The van der Waals surface area contributed by atoms with Crippen LogP contribution in [-0.2, 0) is 20.0 Å². The van der Waals surface area contributed by atoms with Gasteiger partial charge in [0, 0.05) is 35.3 Å². The average Bonchev–Trinajstić information content (AvgIpc) is 3.20. The number of aromatic nitrogens is 2. The van der Waals surface area contributed by atoms with E-state index in [4.69, 9.17) is 0 Å². The number of urea groups is 1. The number of benzene rings is 1. The summed E-state index contributed by atoms with van der Waals surface area (Å²) in [6.07, 6.45) is 3.79. The number of rotatable bonds is 2. The molecule has 0 spiro atoms. The number of anilines is 1. The molecule has 0 radical (unpaired) electrons. The first-order valence-corrected chi connectivity index (χ1v) is 9.29. The third-order valence-electron chi connectivity index (χ3n) is 4.59. The van der Waals surface area contributed by atoms with Gasteiger partial charge in [0.15, 0.2) is 0 Å². The zero-order valence-electron chi connectivity index (χ0n) is 14.1. The van der Waals surface area contributed by atoms with E-state index in [0.29, 0.717) is 6.54 Å². The molecule has 1 aliphatic rings. The highest BCUT2D eigenvalue weighted by Crippen LogP contribution is 2.31. The Morgan fingerprint density at radius 2 is 2.12 bits per heavy atom. The first-order chi connectivity index (χ1) is 12.2. The van der Waals surface area contributed by atoms with E-state index in [1.807, 2.05) is 58.5 Å². The lowest BCUT2D eigenvalue weighted by molar-refractivity contribution is 0.210. The fraction of sp³-hybridized carbons (Fsp3) is 0.263. The fourth-order valence-corrected chi connectivity index (χ4v) is 4.06. The molecule has 128 valence electrons. The van der Waals surface area contributed by atoms with Gasteiger partial charge in [0.1, 0.15) is 0 Å². The molecule has 0 unspecified atom stereocenters. The summed E-state index contributed by atoms with van der Waals surface area (Å²) in [6.45, 7) is 1.36. The van der Waals surface area contributed by atoms with E-state index in [2.05, 4.69) is 16.5 Å². The summed E-state index contributed by atoms with van der Waals surface area (Å²) in [5.41, 5.74) is 4.28. The van der Waals surface area contributed by atoms with Crippen molar-refractivity contribution in [2.24, 2.45) is 7.05 Å². The molecule has 3 aromatic rings. The maximum Gasteiger partial charge on any atom is 0.322 e. The quantitative estimate of drug-likeness (QED) is 0.754. The van der Waals surface area contributed by atoms with Crippen LogP contribution in [0, 0.1) is 0 Å². The van der Waals surface area contributed by atoms with Crippen molar-refractivity contribution in [2.45, 2.75) is 19.4 Å². The van der Waals surface area contributed by atoms with Gasteiger partial charge >= 0.3 is 6.03 Å². The summed E-state index contributed by atoms with van der Waals surface area (Å²) in [4.78, 5) is 15.9. The smallest absolute Gasteiger partial charge is 0.320 e. The summed E-state index contributed by atoms with van der Waals surface area (Å²) in [7, 11) is 1.96. The van der Waals surface area contributed by atoms with Gasteiger partial charge in [0.05, 0.1) is 18.4 Å². The Morgan fingerprint density at radius 3 is 2.96 bits per heavy atom. The summed E-state index contributed by atoms with van der Waals surface area (Å²) >= 11 is 1.67. The van der Waals surface area contributed by atoms with Crippen LogP contribution in [0.15, 0.2) is 48.0 Å². The SMILES string of the molecule is Cn1ncc2c1CCCN(C(=O)Nc1ccccc1-c1cccs1)C2. The number of fused-ring (bicyclic) bond motifs is 1. The molecule has 1 aromatic carbocycles. The van der Waals surface area contributed by atoms with E-state index in [1.54, 1.807) is 11.3 Å². The third-order valence-corrected chi connectivity index (χ3v) is 5.50. The average molecular weight is 352 g/mol. The Morgan fingerprint density at radius 1 is 1.24 bits per heavy atom. The van der Waals surface area contributed by atoms with Crippen molar-refractivity contribution in [3.8, 4) is 10.4 Å². The summed E-state index contributed by atoms with van der Waals surface area (Å²) < 4.78 is 1.92. The Kier molecular flexibility index (Phi) is 4.28. The summed E-state index contributed by atoms with van der Waals surface area (Å²) in [6, 6.07) is 12.0. The predicted molar refractivity (Wildman–Crippen MR) is 101 cm³/mol. The molecule has 25 heavy (non-hydrogen) atoms. The van der Waals surface area contributed by atoms with Crippen LogP contribution in [0.5, 0.6) is 0 Å². The van der Waals surface area contributed by atoms with Gasteiger partial charge in [0.2, 0.25) is 0 Å². The van der Waals surface area contributed by atoms with E-state index < -0.39 is 0 Å². The highest BCUT2D eigenvalue weighted by molar-refractivity contribution is 7.13. The number of nitrogens with zero attached hydrogens (tertiary/aromatic N) is 3. The van der Waals surface area contributed by atoms with Crippen molar-refractivity contribution >= 4 is 23.1 Å². The molecule has 0 aliphatic carbocycles. The molecule has 0 saturated heterocycles. The van der Waals surface area contributed by atoms with Crippen molar-refractivity contribution in [3.05, 3.63) is 59.2 Å². The van der Waals surface area contributed by atoms with E-state index in [9.17, 15) is 4.79 Å². The van der Waals surface area contributed by atoms with E-state index in [0.717, 1.165) is 41.1 Å². The lowest BCUT2D eigenvalue weighted by Crippen LogP contribution is -2.34. The summed E-state index contributed by atoms with van der Waals surface area (Å²) in [5.74, 6) is 0. The van der Waals surface area contributed by atoms with Gasteiger partial charge in [-0.2, -0.15) is 5.10 Å². The van der Waals surface area contributed by atoms with E-state index in [1.165, 1.54) is 5.69 Å². The van der Waals surface area contributed by atoms with Crippen molar-refractivity contribution < 1.29 is 4.79 Å². The normalized spacial score (nSPS) is 14.0. The molecule has 4 rings (SSSR count). The van der Waals surface area contributed by atoms with Crippen LogP contribution < -0.4 is 5.32 Å². The van der Waals surface area contributed by atoms with Gasteiger partial charge < -0.3 is 10.2 Å². The molecule has 2 aromatic heterocycles. The number of hydrogen-bond acceptors (Lipinski definition) is 3. The number of aryl methyl sites for hydroxylation is 1. The Labute approximate surface area is 150 Å². The molecule has 1 N–H and O–H groups in total. The molecular formula is C19H20N4OS. The van der Waals surface area contributed by atoms with E-state index in [-0.39, 0.29) is 6.03 Å². The number of nitrogens with one attached hydrogen (secondary N) is 1. The first kappa shape index (κ1) is 15.9. The second kappa shape index (κ2) is 6.72. The zero-order chi connectivity index (χ0) is 17.2. The van der Waals surface area contributed by atoms with Crippen molar-refractivity contribution in [1.82, 2.24) is 14.7 Å². The number of thiophene rings is 1. The van der Waals surface area contributed by atoms with Crippen LogP contribution in [0.2, 0.25) is 0 Å². The molecule has 0 fully saturated rings. The highest BCUT2D eigenvalue weighted by atomic mass is 32.1. The largest absolute Gasteiger partial charge is 0.322 e. The number of amides is 2. The Balaban J connectivity index is 1.55. The highest BCUT2D eigenvalue weighted by Gasteiger charge is 2.22. The van der Waals surface area contributed by atoms with Gasteiger partial charge in [0.25, 0.3) is 0 Å². The number of para-hydroxylation sites is 1. The van der Waals surface area contributed by atoms with E-state index >= 15 is 0 Å². The molecule has 6 heteroatoms. The third kappa shape index (κ3) is 3.17. The van der Waals surface area contributed by atoms with Crippen LogP contribution in [-0.4, -0.2) is 27.3 Å². The molecular weight excluding hydrogens is 332 g/mol. The van der Waals surface area contributed by atoms with Crippen LogP contribution in [0.3, 0.4) is 0 Å². The minimum absolute atomic E-state index is 0.0549. The van der Waals surface area contributed by atoms with Gasteiger partial charge in [-0.15, -0.1) is 11.3 Å². The molecule has 3 heterocycles. The molecule has 0 atom stereocenters. The van der Waals surface area contributed by atoms with Crippen LogP contribution in [0.4, 0.5) is 10.5 Å². The van der Waals surface area contributed by atoms with Gasteiger partial charge in [-0.25, -0.2) is 4.79 Å². The second-order valence-corrected chi connectivity index (χ2v) is 7.17. The molecule has 0 saturated carbocycles. The minimum Gasteiger partial charge on any atom is -0.320 e. The lowest BCUT2D eigenvalue weighted by atomic mass is 10.1. The fourth-order valence-electron chi connectivity index (χ4n) is 3.29. The second-order valence-electron chi connectivity index (χ2n) is 6.22. The van der Waals surface area contributed by atoms with Gasteiger partial charge in [-0.3, -0.25) is 4.68 Å². The Hall–Kier alpha value is -2.60. The summed E-state index contributed by atoms with van der Waals surface area (Å²) in [5, 5.41) is 9.47. The van der Waals surface area contributed by atoms with Crippen LogP contribution >= 0.6 is 11.3 Å². The van der Waals surface area contributed by atoms with Gasteiger partial charge in [-0.1, -0.05) is 24.3 Å². The maximum atomic E-state index is 12.8. The van der Waals surface area contributed by atoms with Crippen LogP contribution in [0.1, 0.15) is 17.7 Å².